The van der Waals surface area contributed by atoms with Gasteiger partial charge in [-0.25, -0.2) is 0 Å². The van der Waals surface area contributed by atoms with E-state index in [2.05, 4.69) is 41.1 Å². The van der Waals surface area contributed by atoms with Crippen LogP contribution in [0, 0.1) is 10.8 Å². The highest BCUT2D eigenvalue weighted by molar-refractivity contribution is 5.85. The molecule has 1 saturated heterocycles. The van der Waals surface area contributed by atoms with E-state index in [1.165, 1.54) is 41.5 Å². The number of piperidine rings is 1. The number of aromatic amines is 1. The normalized spacial score (nSPS) is 24.9. The maximum absolute atomic E-state index is 12.1. The molecule has 4 nitrogen and oxygen atoms in total. The average Bonchev–Trinajstić information content (AvgIpc) is 3.09. The summed E-state index contributed by atoms with van der Waals surface area (Å²) >= 11 is 0. The number of hydrogen-bond donors (Lipinski definition) is 1. The zero-order valence-electron chi connectivity index (χ0n) is 18.5. The predicted octanol–water partition coefficient (Wildman–Crippen LogP) is 5.63. The molecular weight excluding hydrogens is 360 g/mol. The predicted molar refractivity (Wildman–Crippen MR) is 118 cm³/mol. The minimum atomic E-state index is -0.424. The Labute approximate surface area is 175 Å². The van der Waals surface area contributed by atoms with E-state index in [1.54, 1.807) is 0 Å². The highest BCUT2D eigenvalue weighted by atomic mass is 16.5. The van der Waals surface area contributed by atoms with E-state index in [-0.39, 0.29) is 11.4 Å². The fourth-order valence-electron chi connectivity index (χ4n) is 5.61. The lowest BCUT2D eigenvalue weighted by molar-refractivity contribution is -0.153. The lowest BCUT2D eigenvalue weighted by atomic mass is 9.65. The molecule has 158 valence electrons. The zero-order valence-corrected chi connectivity index (χ0v) is 18.5. The molecule has 0 bridgehead atoms. The van der Waals surface area contributed by atoms with E-state index in [4.69, 9.17) is 4.74 Å². The summed E-state index contributed by atoms with van der Waals surface area (Å²) in [4.78, 5) is 18.6. The molecule has 1 aromatic heterocycles. The Kier molecular flexibility index (Phi) is 5.50. The van der Waals surface area contributed by atoms with Crippen molar-refractivity contribution in [2.24, 2.45) is 10.8 Å². The third-order valence-electron chi connectivity index (χ3n) is 7.20. The number of esters is 1. The van der Waals surface area contributed by atoms with Gasteiger partial charge in [0.1, 0.15) is 0 Å². The van der Waals surface area contributed by atoms with Gasteiger partial charge >= 0.3 is 5.97 Å². The molecule has 0 radical (unpaired) electrons. The maximum Gasteiger partial charge on any atom is 0.311 e. The number of H-pyrrole nitrogens is 1. The van der Waals surface area contributed by atoms with E-state index in [0.29, 0.717) is 12.6 Å². The molecule has 0 amide bonds. The first-order valence-corrected chi connectivity index (χ1v) is 11.4. The molecule has 2 aliphatic rings. The Balaban J connectivity index is 1.57. The molecule has 2 atom stereocenters. The van der Waals surface area contributed by atoms with Gasteiger partial charge in [0.15, 0.2) is 0 Å². The second-order valence-electron chi connectivity index (χ2n) is 10.1. The highest BCUT2D eigenvalue weighted by Crippen LogP contribution is 2.53. The first-order valence-electron chi connectivity index (χ1n) is 11.4. The molecule has 4 rings (SSSR count). The number of rotatable bonds is 5. The van der Waals surface area contributed by atoms with Crippen molar-refractivity contribution in [3.8, 4) is 0 Å². The zero-order chi connectivity index (χ0) is 20.6. The minimum absolute atomic E-state index is 0.0936. The Morgan fingerprint density at radius 2 is 2.07 bits per heavy atom. The molecule has 1 N–H and O–H groups in total. The van der Waals surface area contributed by atoms with Crippen LogP contribution in [0.1, 0.15) is 77.1 Å². The van der Waals surface area contributed by atoms with Crippen molar-refractivity contribution < 1.29 is 9.53 Å². The fourth-order valence-corrected chi connectivity index (χ4v) is 5.61. The van der Waals surface area contributed by atoms with Gasteiger partial charge in [0.05, 0.1) is 18.1 Å². The van der Waals surface area contributed by atoms with Gasteiger partial charge in [0.2, 0.25) is 0 Å². The number of ether oxygens (including phenoxy) is 1. The van der Waals surface area contributed by atoms with E-state index in [9.17, 15) is 4.79 Å². The Morgan fingerprint density at radius 3 is 2.83 bits per heavy atom. The lowest BCUT2D eigenvalue weighted by Crippen LogP contribution is -2.49. The van der Waals surface area contributed by atoms with E-state index in [0.717, 1.165) is 32.2 Å². The standard InChI is InChI=1S/C25H36N2O2/c1-5-25(14-9-17-29-23(28)24(2,3)4)13-8-15-27-16-12-19-18-10-6-7-11-20(18)26-21(19)22(25)27/h6-7,10-11,22,26H,5,8-9,12-17H2,1-4H3/t22-,25-/m0/s1. The number of aromatic nitrogens is 1. The largest absolute Gasteiger partial charge is 0.465 e. The molecule has 4 heteroatoms. The number of carbonyl (C=O) groups excluding carboxylic acids is 1. The Hall–Kier alpha value is -1.81. The summed E-state index contributed by atoms with van der Waals surface area (Å²) in [6.07, 6.45) is 6.87. The second kappa shape index (κ2) is 7.79. The fraction of sp³-hybridized carbons (Fsp3) is 0.640. The summed E-state index contributed by atoms with van der Waals surface area (Å²) in [6, 6.07) is 9.21. The number of nitrogens with zero attached hydrogens (tertiary/aromatic N) is 1. The molecule has 29 heavy (non-hydrogen) atoms. The van der Waals surface area contributed by atoms with Crippen LogP contribution in [0.4, 0.5) is 0 Å². The summed E-state index contributed by atoms with van der Waals surface area (Å²) in [5, 5.41) is 1.40. The molecule has 2 aliphatic heterocycles. The number of fused-ring (bicyclic) bond motifs is 5. The molecule has 0 saturated carbocycles. The topological polar surface area (TPSA) is 45.3 Å². The smallest absolute Gasteiger partial charge is 0.311 e. The van der Waals surface area contributed by atoms with Gasteiger partial charge in [-0.3, -0.25) is 9.69 Å². The first kappa shape index (κ1) is 20.5. The Bertz CT molecular complexity index is 879. The number of hydrogen-bond acceptors (Lipinski definition) is 3. The van der Waals surface area contributed by atoms with Crippen molar-refractivity contribution in [1.29, 1.82) is 0 Å². The van der Waals surface area contributed by atoms with Crippen molar-refractivity contribution in [3.05, 3.63) is 35.5 Å². The van der Waals surface area contributed by atoms with Crippen LogP contribution in [-0.4, -0.2) is 35.5 Å². The number of benzene rings is 1. The molecule has 0 unspecified atom stereocenters. The summed E-state index contributed by atoms with van der Waals surface area (Å²) < 4.78 is 5.58. The summed E-state index contributed by atoms with van der Waals surface area (Å²) in [5.74, 6) is -0.0936. The van der Waals surface area contributed by atoms with E-state index in [1.807, 2.05) is 20.8 Å². The minimum Gasteiger partial charge on any atom is -0.465 e. The van der Waals surface area contributed by atoms with Crippen molar-refractivity contribution in [1.82, 2.24) is 9.88 Å². The maximum atomic E-state index is 12.1. The average molecular weight is 397 g/mol. The lowest BCUT2D eigenvalue weighted by Gasteiger charge is -2.52. The van der Waals surface area contributed by atoms with Gasteiger partial charge < -0.3 is 9.72 Å². The van der Waals surface area contributed by atoms with Crippen molar-refractivity contribution in [2.75, 3.05) is 19.7 Å². The van der Waals surface area contributed by atoms with E-state index < -0.39 is 5.41 Å². The van der Waals surface area contributed by atoms with Crippen LogP contribution in [0.2, 0.25) is 0 Å². The van der Waals surface area contributed by atoms with Crippen LogP contribution in [0.5, 0.6) is 0 Å². The molecule has 2 aromatic rings. The third kappa shape index (κ3) is 3.72. The van der Waals surface area contributed by atoms with Crippen LogP contribution in [0.15, 0.2) is 24.3 Å². The Morgan fingerprint density at radius 1 is 1.28 bits per heavy atom. The SMILES string of the molecule is CC[C@@]1(CCCOC(=O)C(C)(C)C)CCCN2CCc3c([nH]c4ccccc34)[C@H]21. The van der Waals surface area contributed by atoms with Crippen molar-refractivity contribution >= 4 is 16.9 Å². The van der Waals surface area contributed by atoms with Crippen LogP contribution in [0.25, 0.3) is 10.9 Å². The quantitative estimate of drug-likeness (QED) is 0.526. The van der Waals surface area contributed by atoms with Crippen molar-refractivity contribution in [3.63, 3.8) is 0 Å². The van der Waals surface area contributed by atoms with Gasteiger partial charge in [-0.05, 0) is 82.9 Å². The third-order valence-corrected chi connectivity index (χ3v) is 7.20. The number of para-hydroxylation sites is 1. The van der Waals surface area contributed by atoms with Crippen LogP contribution >= 0.6 is 0 Å². The molecule has 0 spiro atoms. The van der Waals surface area contributed by atoms with Gasteiger partial charge in [0, 0.05) is 23.1 Å². The summed E-state index contributed by atoms with van der Waals surface area (Å²) in [5.41, 5.74) is 4.08. The number of carbonyl (C=O) groups is 1. The van der Waals surface area contributed by atoms with Crippen LogP contribution in [-0.2, 0) is 16.0 Å². The van der Waals surface area contributed by atoms with Gasteiger partial charge in [-0.2, -0.15) is 0 Å². The highest BCUT2D eigenvalue weighted by Gasteiger charge is 2.47. The molecule has 0 aliphatic carbocycles. The van der Waals surface area contributed by atoms with Crippen LogP contribution in [0.3, 0.4) is 0 Å². The molecular formula is C25H36N2O2. The van der Waals surface area contributed by atoms with Gasteiger partial charge in [-0.1, -0.05) is 25.1 Å². The van der Waals surface area contributed by atoms with Gasteiger partial charge in [0.25, 0.3) is 0 Å². The number of nitrogens with one attached hydrogen (secondary N) is 1. The monoisotopic (exact) mass is 396 g/mol. The van der Waals surface area contributed by atoms with E-state index >= 15 is 0 Å². The first-order chi connectivity index (χ1) is 13.9. The van der Waals surface area contributed by atoms with Crippen molar-refractivity contribution in [2.45, 2.75) is 72.3 Å². The summed E-state index contributed by atoms with van der Waals surface area (Å²) in [6.45, 7) is 11.0. The molecule has 3 heterocycles. The van der Waals surface area contributed by atoms with Gasteiger partial charge in [-0.15, -0.1) is 0 Å². The molecule has 1 fully saturated rings. The summed E-state index contributed by atoms with van der Waals surface area (Å²) in [7, 11) is 0. The van der Waals surface area contributed by atoms with Crippen LogP contribution < -0.4 is 0 Å². The molecule has 1 aromatic carbocycles. The second-order valence-corrected chi connectivity index (χ2v) is 10.1.